The third-order valence-electron chi connectivity index (χ3n) is 2.62. The minimum Gasteiger partial charge on any atom is -0.502 e. The van der Waals surface area contributed by atoms with E-state index in [0.717, 1.165) is 0 Å². The number of rotatable bonds is 1. The molecular weight excluding hydrogens is 224 g/mol. The van der Waals surface area contributed by atoms with Gasteiger partial charge in [-0.15, -0.1) is 0 Å². The number of benzene rings is 1. The van der Waals surface area contributed by atoms with E-state index in [4.69, 9.17) is 13.6 Å². The van der Waals surface area contributed by atoms with Gasteiger partial charge in [0.1, 0.15) is 0 Å². The first kappa shape index (κ1) is 9.77. The van der Waals surface area contributed by atoms with Crippen LogP contribution in [0, 0.1) is 0 Å². The number of methoxy groups -OCH3 is 1. The zero-order valence-electron chi connectivity index (χ0n) is 8.89. The zero-order chi connectivity index (χ0) is 12.0. The molecule has 0 saturated carbocycles. The Balaban J connectivity index is 2.66. The van der Waals surface area contributed by atoms with Crippen molar-refractivity contribution in [2.24, 2.45) is 0 Å². The molecule has 0 aliphatic carbocycles. The lowest BCUT2D eigenvalue weighted by Gasteiger charge is -2.07. The van der Waals surface area contributed by atoms with E-state index < -0.39 is 5.63 Å². The second-order valence-electron chi connectivity index (χ2n) is 3.54. The highest BCUT2D eigenvalue weighted by Crippen LogP contribution is 2.42. The van der Waals surface area contributed by atoms with Crippen LogP contribution in [0.3, 0.4) is 0 Å². The Hall–Kier alpha value is -2.43. The van der Waals surface area contributed by atoms with Crippen LogP contribution in [0.5, 0.6) is 11.5 Å². The fourth-order valence-electron chi connectivity index (χ4n) is 1.90. The van der Waals surface area contributed by atoms with Crippen LogP contribution in [0.2, 0.25) is 0 Å². The van der Waals surface area contributed by atoms with Gasteiger partial charge in [-0.3, -0.25) is 0 Å². The topological polar surface area (TPSA) is 72.8 Å². The maximum atomic E-state index is 11.2. The van der Waals surface area contributed by atoms with Crippen molar-refractivity contribution in [2.45, 2.75) is 0 Å². The number of ether oxygens (including phenoxy) is 1. The van der Waals surface area contributed by atoms with Crippen LogP contribution < -0.4 is 10.4 Å². The van der Waals surface area contributed by atoms with Crippen LogP contribution >= 0.6 is 0 Å². The third-order valence-corrected chi connectivity index (χ3v) is 2.62. The van der Waals surface area contributed by atoms with E-state index in [1.54, 1.807) is 12.1 Å². The van der Waals surface area contributed by atoms with Gasteiger partial charge in [0, 0.05) is 6.07 Å². The van der Waals surface area contributed by atoms with Crippen molar-refractivity contribution in [1.82, 2.24) is 0 Å². The molecule has 0 radical (unpaired) electrons. The summed E-state index contributed by atoms with van der Waals surface area (Å²) in [4.78, 5) is 11.2. The first-order valence-corrected chi connectivity index (χ1v) is 4.92. The summed E-state index contributed by atoms with van der Waals surface area (Å²) in [6.07, 6.45) is 1.41. The highest BCUT2D eigenvalue weighted by atomic mass is 16.5. The predicted octanol–water partition coefficient (Wildman–Crippen LogP) is 2.25. The molecule has 0 saturated heterocycles. The van der Waals surface area contributed by atoms with Gasteiger partial charge in [0.2, 0.25) is 5.75 Å². The SMILES string of the molecule is COc1c(O)c2occc2c2oc(=O)ccc12. The molecule has 1 aromatic carbocycles. The molecule has 0 aliphatic heterocycles. The third kappa shape index (κ3) is 1.22. The smallest absolute Gasteiger partial charge is 0.336 e. The lowest BCUT2D eigenvalue weighted by molar-refractivity contribution is 0.375. The second-order valence-corrected chi connectivity index (χ2v) is 3.54. The molecule has 0 aliphatic rings. The fraction of sp³-hybridized carbons (Fsp3) is 0.0833. The Kier molecular flexibility index (Phi) is 1.89. The van der Waals surface area contributed by atoms with Gasteiger partial charge in [0.25, 0.3) is 0 Å². The average molecular weight is 232 g/mol. The Bertz CT molecular complexity index is 765. The molecule has 0 amide bonds. The molecule has 0 bridgehead atoms. The molecular formula is C12H8O5. The lowest BCUT2D eigenvalue weighted by atomic mass is 10.1. The van der Waals surface area contributed by atoms with Crippen molar-refractivity contribution < 1.29 is 18.7 Å². The Labute approximate surface area is 94.8 Å². The Morgan fingerprint density at radius 2 is 2.00 bits per heavy atom. The van der Waals surface area contributed by atoms with Crippen molar-refractivity contribution in [3.63, 3.8) is 0 Å². The van der Waals surface area contributed by atoms with Crippen molar-refractivity contribution in [2.75, 3.05) is 7.11 Å². The quantitative estimate of drug-likeness (QED) is 0.651. The van der Waals surface area contributed by atoms with Crippen LogP contribution in [0.1, 0.15) is 0 Å². The second kappa shape index (κ2) is 3.28. The monoisotopic (exact) mass is 232 g/mol. The molecule has 1 N–H and O–H groups in total. The van der Waals surface area contributed by atoms with Crippen LogP contribution in [0.4, 0.5) is 0 Å². The number of fused-ring (bicyclic) bond motifs is 3. The molecule has 0 atom stereocenters. The molecule has 0 unspecified atom stereocenters. The largest absolute Gasteiger partial charge is 0.502 e. The molecule has 0 spiro atoms. The van der Waals surface area contributed by atoms with Gasteiger partial charge < -0.3 is 18.7 Å². The van der Waals surface area contributed by atoms with Crippen molar-refractivity contribution in [3.8, 4) is 11.5 Å². The Morgan fingerprint density at radius 3 is 2.76 bits per heavy atom. The summed E-state index contributed by atoms with van der Waals surface area (Å²) in [6, 6.07) is 4.45. The van der Waals surface area contributed by atoms with E-state index in [9.17, 15) is 9.90 Å². The number of hydrogen-bond acceptors (Lipinski definition) is 5. The number of furan rings is 1. The van der Waals surface area contributed by atoms with E-state index in [2.05, 4.69) is 0 Å². The molecule has 2 heterocycles. The summed E-state index contributed by atoms with van der Waals surface area (Å²) < 4.78 is 15.4. The first-order chi connectivity index (χ1) is 8.22. The highest BCUT2D eigenvalue weighted by Gasteiger charge is 2.18. The van der Waals surface area contributed by atoms with Crippen LogP contribution in [-0.4, -0.2) is 12.2 Å². The summed E-state index contributed by atoms with van der Waals surface area (Å²) in [5.74, 6) is 0.125. The maximum Gasteiger partial charge on any atom is 0.336 e. The van der Waals surface area contributed by atoms with E-state index in [-0.39, 0.29) is 17.1 Å². The summed E-state index contributed by atoms with van der Waals surface area (Å²) in [5.41, 5.74) is 0.118. The lowest BCUT2D eigenvalue weighted by Crippen LogP contribution is -1.96. The van der Waals surface area contributed by atoms with E-state index in [0.29, 0.717) is 16.4 Å². The van der Waals surface area contributed by atoms with Crippen molar-refractivity contribution in [3.05, 3.63) is 34.9 Å². The minimum atomic E-state index is -0.465. The standard InChI is InChI=1S/C12H8O5/c1-15-11-6-2-3-8(13)17-10(6)7-4-5-16-12(7)9(11)14/h2-5,14H,1H3. The van der Waals surface area contributed by atoms with Gasteiger partial charge in [-0.2, -0.15) is 0 Å². The van der Waals surface area contributed by atoms with Gasteiger partial charge >= 0.3 is 5.63 Å². The van der Waals surface area contributed by atoms with Crippen molar-refractivity contribution in [1.29, 1.82) is 0 Å². The normalized spacial score (nSPS) is 11.1. The molecule has 3 rings (SSSR count). The molecule has 2 aromatic heterocycles. The summed E-state index contributed by atoms with van der Waals surface area (Å²) >= 11 is 0. The number of phenols is 1. The summed E-state index contributed by atoms with van der Waals surface area (Å²) in [7, 11) is 1.42. The van der Waals surface area contributed by atoms with Gasteiger partial charge in [0.15, 0.2) is 16.9 Å². The van der Waals surface area contributed by atoms with Crippen LogP contribution in [-0.2, 0) is 0 Å². The maximum absolute atomic E-state index is 11.2. The first-order valence-electron chi connectivity index (χ1n) is 4.92. The summed E-state index contributed by atoms with van der Waals surface area (Å²) in [5, 5.41) is 11.0. The van der Waals surface area contributed by atoms with Gasteiger partial charge in [-0.25, -0.2) is 4.79 Å². The van der Waals surface area contributed by atoms with Gasteiger partial charge in [0.05, 0.1) is 24.1 Å². The number of aromatic hydroxyl groups is 1. The van der Waals surface area contributed by atoms with E-state index >= 15 is 0 Å². The van der Waals surface area contributed by atoms with Crippen LogP contribution in [0.15, 0.2) is 38.1 Å². The molecule has 5 nitrogen and oxygen atoms in total. The Morgan fingerprint density at radius 1 is 1.18 bits per heavy atom. The zero-order valence-corrected chi connectivity index (χ0v) is 8.89. The molecule has 17 heavy (non-hydrogen) atoms. The molecule has 86 valence electrons. The van der Waals surface area contributed by atoms with E-state index in [1.165, 1.54) is 19.4 Å². The van der Waals surface area contributed by atoms with Crippen molar-refractivity contribution >= 4 is 21.9 Å². The average Bonchev–Trinajstić information content (AvgIpc) is 2.80. The van der Waals surface area contributed by atoms with Gasteiger partial charge in [-0.1, -0.05) is 0 Å². The molecule has 5 heteroatoms. The fourth-order valence-corrected chi connectivity index (χ4v) is 1.90. The molecule has 0 fully saturated rings. The van der Waals surface area contributed by atoms with Crippen LogP contribution in [0.25, 0.3) is 21.9 Å². The minimum absolute atomic E-state index is 0.103. The van der Waals surface area contributed by atoms with Gasteiger partial charge in [-0.05, 0) is 12.1 Å². The number of phenolic OH excluding ortho intramolecular Hbond substituents is 1. The predicted molar refractivity (Wildman–Crippen MR) is 60.5 cm³/mol. The molecule has 3 aromatic rings. The highest BCUT2D eigenvalue weighted by molar-refractivity contribution is 6.08. The summed E-state index contributed by atoms with van der Waals surface area (Å²) in [6.45, 7) is 0. The van der Waals surface area contributed by atoms with E-state index in [1.807, 2.05) is 0 Å². The number of hydrogen-bond donors (Lipinski definition) is 1.